The molecule has 0 aliphatic rings. The van der Waals surface area contributed by atoms with E-state index in [0.717, 1.165) is 23.3 Å². The van der Waals surface area contributed by atoms with Crippen LogP contribution in [0.5, 0.6) is 0 Å². The van der Waals surface area contributed by atoms with Gasteiger partial charge in [-0.05, 0) is 22.4 Å². The molecule has 1 aromatic rings. The molecule has 4 heteroatoms. The van der Waals surface area contributed by atoms with Gasteiger partial charge in [-0.25, -0.2) is 4.98 Å². The van der Waals surface area contributed by atoms with E-state index in [9.17, 15) is 0 Å². The van der Waals surface area contributed by atoms with E-state index in [1.54, 1.807) is 0 Å². The zero-order valence-electron chi connectivity index (χ0n) is 8.05. The number of aliphatic hydroxyl groups is 1. The van der Waals surface area contributed by atoms with Crippen LogP contribution in [0.15, 0.2) is 4.60 Å². The summed E-state index contributed by atoms with van der Waals surface area (Å²) in [6.45, 7) is 2.30. The van der Waals surface area contributed by atoms with Crippen LogP contribution in [-0.2, 0) is 19.9 Å². The number of hydrogen-bond donors (Lipinski definition) is 1. The van der Waals surface area contributed by atoms with Gasteiger partial charge in [-0.2, -0.15) is 0 Å². The molecule has 1 N–H and O–H groups in total. The Morgan fingerprint density at radius 3 is 2.69 bits per heavy atom. The van der Waals surface area contributed by atoms with E-state index in [1.165, 1.54) is 5.69 Å². The molecular weight excluding hydrogens is 232 g/mol. The summed E-state index contributed by atoms with van der Waals surface area (Å²) in [5, 5.41) is 8.81. The lowest BCUT2D eigenvalue weighted by Crippen LogP contribution is -2.03. The van der Waals surface area contributed by atoms with Crippen LogP contribution in [-0.4, -0.2) is 21.3 Å². The van der Waals surface area contributed by atoms with E-state index >= 15 is 0 Å². The third kappa shape index (κ3) is 2.31. The Kier molecular flexibility index (Phi) is 3.93. The first-order valence-corrected chi connectivity index (χ1v) is 5.30. The van der Waals surface area contributed by atoms with Crippen molar-refractivity contribution in [1.29, 1.82) is 0 Å². The van der Waals surface area contributed by atoms with Gasteiger partial charge >= 0.3 is 0 Å². The minimum Gasteiger partial charge on any atom is -0.396 e. The molecule has 0 unspecified atom stereocenters. The fourth-order valence-corrected chi connectivity index (χ4v) is 2.05. The molecule has 74 valence electrons. The van der Waals surface area contributed by atoms with Crippen molar-refractivity contribution in [1.82, 2.24) is 9.55 Å². The smallest absolute Gasteiger partial charge is 0.127 e. The molecule has 3 nitrogen and oxygen atoms in total. The summed E-state index contributed by atoms with van der Waals surface area (Å²) in [5.74, 6) is 0.942. The highest BCUT2D eigenvalue weighted by atomic mass is 79.9. The van der Waals surface area contributed by atoms with Gasteiger partial charge in [-0.3, -0.25) is 0 Å². The molecule has 0 fully saturated rings. The van der Waals surface area contributed by atoms with Gasteiger partial charge < -0.3 is 9.67 Å². The zero-order chi connectivity index (χ0) is 9.84. The largest absolute Gasteiger partial charge is 0.396 e. The average molecular weight is 247 g/mol. The van der Waals surface area contributed by atoms with Crippen LogP contribution in [0.4, 0.5) is 0 Å². The molecule has 0 aromatic carbocycles. The Morgan fingerprint density at radius 2 is 2.15 bits per heavy atom. The van der Waals surface area contributed by atoms with E-state index in [2.05, 4.69) is 32.4 Å². The predicted molar refractivity (Wildman–Crippen MR) is 55.7 cm³/mol. The highest BCUT2D eigenvalue weighted by Gasteiger charge is 2.10. The standard InChI is InChI=1S/C9H15BrN2O/c1-3-4-7-9(10)11-8(5-6-13)12(7)2/h13H,3-6H2,1-2H3. The minimum atomic E-state index is 0.156. The SMILES string of the molecule is CCCc1c(Br)nc(CCO)n1C. The number of rotatable bonds is 4. The van der Waals surface area contributed by atoms with Crippen LogP contribution < -0.4 is 0 Å². The highest BCUT2D eigenvalue weighted by molar-refractivity contribution is 9.10. The molecule has 0 spiro atoms. The molecule has 0 radical (unpaired) electrons. The van der Waals surface area contributed by atoms with E-state index in [0.29, 0.717) is 6.42 Å². The number of hydrogen-bond acceptors (Lipinski definition) is 2. The maximum atomic E-state index is 8.81. The van der Waals surface area contributed by atoms with Crippen molar-refractivity contribution in [2.24, 2.45) is 7.05 Å². The topological polar surface area (TPSA) is 38.1 Å². The minimum absolute atomic E-state index is 0.156. The van der Waals surface area contributed by atoms with E-state index in [1.807, 2.05) is 7.05 Å². The van der Waals surface area contributed by atoms with Crippen molar-refractivity contribution < 1.29 is 5.11 Å². The summed E-state index contributed by atoms with van der Waals surface area (Å²) < 4.78 is 2.98. The maximum Gasteiger partial charge on any atom is 0.127 e. The normalized spacial score (nSPS) is 10.8. The first-order chi connectivity index (χ1) is 6.20. The Labute approximate surface area is 86.9 Å². The average Bonchev–Trinajstić information content (AvgIpc) is 2.34. The molecule has 0 saturated carbocycles. The summed E-state index contributed by atoms with van der Waals surface area (Å²) in [4.78, 5) is 4.34. The zero-order valence-corrected chi connectivity index (χ0v) is 9.63. The molecule has 1 heterocycles. The van der Waals surface area contributed by atoms with Crippen LogP contribution in [0.3, 0.4) is 0 Å². The lowest BCUT2D eigenvalue weighted by molar-refractivity contribution is 0.295. The summed E-state index contributed by atoms with van der Waals surface area (Å²) in [5.41, 5.74) is 1.21. The van der Waals surface area contributed by atoms with Crippen molar-refractivity contribution >= 4 is 15.9 Å². The maximum absolute atomic E-state index is 8.81. The Bertz CT molecular complexity index is 283. The first kappa shape index (κ1) is 10.7. The third-order valence-electron chi connectivity index (χ3n) is 2.08. The molecule has 1 rings (SSSR count). The van der Waals surface area contributed by atoms with Gasteiger partial charge in [0, 0.05) is 13.5 Å². The van der Waals surface area contributed by atoms with Gasteiger partial charge in [0.2, 0.25) is 0 Å². The molecule has 0 aliphatic heterocycles. The van der Waals surface area contributed by atoms with Crippen LogP contribution in [0, 0.1) is 0 Å². The molecule has 13 heavy (non-hydrogen) atoms. The van der Waals surface area contributed by atoms with Crippen molar-refractivity contribution in [2.45, 2.75) is 26.2 Å². The van der Waals surface area contributed by atoms with Crippen LogP contribution >= 0.6 is 15.9 Å². The van der Waals surface area contributed by atoms with Gasteiger partial charge in [0.05, 0.1) is 12.3 Å². The van der Waals surface area contributed by atoms with Crippen molar-refractivity contribution in [3.63, 3.8) is 0 Å². The van der Waals surface area contributed by atoms with E-state index < -0.39 is 0 Å². The van der Waals surface area contributed by atoms with Gasteiger partial charge in [0.15, 0.2) is 0 Å². The van der Waals surface area contributed by atoms with Crippen molar-refractivity contribution in [2.75, 3.05) is 6.61 Å². The highest BCUT2D eigenvalue weighted by Crippen LogP contribution is 2.18. The fraction of sp³-hybridized carbons (Fsp3) is 0.667. The van der Waals surface area contributed by atoms with Crippen molar-refractivity contribution in [3.05, 3.63) is 16.1 Å². The summed E-state index contributed by atoms with van der Waals surface area (Å²) in [6.07, 6.45) is 2.75. The fourth-order valence-electron chi connectivity index (χ4n) is 1.38. The second-order valence-electron chi connectivity index (χ2n) is 3.05. The second-order valence-corrected chi connectivity index (χ2v) is 3.80. The second kappa shape index (κ2) is 4.77. The molecule has 0 aliphatic carbocycles. The van der Waals surface area contributed by atoms with Gasteiger partial charge in [0.25, 0.3) is 0 Å². The molecule has 0 saturated heterocycles. The number of aromatic nitrogens is 2. The third-order valence-corrected chi connectivity index (χ3v) is 2.71. The van der Waals surface area contributed by atoms with Crippen molar-refractivity contribution in [3.8, 4) is 0 Å². The number of aliphatic hydroxyl groups excluding tert-OH is 1. The van der Waals surface area contributed by atoms with Crippen LogP contribution in [0.1, 0.15) is 24.9 Å². The lowest BCUT2D eigenvalue weighted by atomic mass is 10.3. The van der Waals surface area contributed by atoms with Gasteiger partial charge in [-0.15, -0.1) is 0 Å². The molecule has 0 amide bonds. The first-order valence-electron chi connectivity index (χ1n) is 4.51. The van der Waals surface area contributed by atoms with Crippen LogP contribution in [0.25, 0.3) is 0 Å². The Balaban J connectivity index is 2.92. The van der Waals surface area contributed by atoms with E-state index in [-0.39, 0.29) is 6.61 Å². The summed E-state index contributed by atoms with van der Waals surface area (Å²) in [6, 6.07) is 0. The summed E-state index contributed by atoms with van der Waals surface area (Å²) >= 11 is 3.43. The number of nitrogens with zero attached hydrogens (tertiary/aromatic N) is 2. The molecule has 1 aromatic heterocycles. The van der Waals surface area contributed by atoms with Crippen LogP contribution in [0.2, 0.25) is 0 Å². The Hall–Kier alpha value is -0.350. The lowest BCUT2D eigenvalue weighted by Gasteiger charge is -2.03. The molecule has 0 bridgehead atoms. The molecule has 0 atom stereocenters. The predicted octanol–water partition coefficient (Wildman–Crippen LogP) is 1.67. The monoisotopic (exact) mass is 246 g/mol. The van der Waals surface area contributed by atoms with Gasteiger partial charge in [0.1, 0.15) is 10.4 Å². The Morgan fingerprint density at radius 1 is 1.46 bits per heavy atom. The number of imidazole rings is 1. The summed E-state index contributed by atoms with van der Waals surface area (Å²) in [7, 11) is 1.99. The quantitative estimate of drug-likeness (QED) is 0.878. The van der Waals surface area contributed by atoms with Gasteiger partial charge in [-0.1, -0.05) is 13.3 Å². The van der Waals surface area contributed by atoms with E-state index in [4.69, 9.17) is 5.11 Å². The molecular formula is C9H15BrN2O. The number of halogens is 1.